The van der Waals surface area contributed by atoms with Gasteiger partial charge in [-0.05, 0) is 73.3 Å². The molecule has 2 saturated heterocycles. The number of guanidine groups is 1. The lowest BCUT2D eigenvalue weighted by Crippen LogP contribution is -2.48. The monoisotopic (exact) mass is 567 g/mol. The van der Waals surface area contributed by atoms with Crippen molar-refractivity contribution in [2.45, 2.75) is 51.7 Å². The number of nitrogens with one attached hydrogen (secondary N) is 2. The largest absolute Gasteiger partial charge is 0.363 e. The summed E-state index contributed by atoms with van der Waals surface area (Å²) in [6.45, 7) is 8.93. The molecule has 176 valence electrons. The maximum Gasteiger partial charge on any atom is 0.191 e. The zero-order chi connectivity index (χ0) is 21.5. The van der Waals surface area contributed by atoms with Gasteiger partial charge >= 0.3 is 0 Å². The highest BCUT2D eigenvalue weighted by Crippen LogP contribution is 2.24. The molecule has 0 amide bonds. The van der Waals surface area contributed by atoms with Crippen molar-refractivity contribution < 1.29 is 0 Å². The van der Waals surface area contributed by atoms with Crippen molar-refractivity contribution in [1.82, 2.24) is 15.5 Å². The lowest BCUT2D eigenvalue weighted by Gasteiger charge is -2.33. The minimum Gasteiger partial charge on any atom is -0.363 e. The second-order valence-electron chi connectivity index (χ2n) is 9.06. The van der Waals surface area contributed by atoms with E-state index in [-0.39, 0.29) is 24.0 Å². The van der Waals surface area contributed by atoms with Crippen molar-refractivity contribution in [2.75, 3.05) is 38.1 Å². The molecule has 4 rings (SSSR count). The van der Waals surface area contributed by atoms with Crippen molar-refractivity contribution in [2.24, 2.45) is 10.9 Å². The van der Waals surface area contributed by atoms with E-state index in [1.54, 1.807) is 0 Å². The van der Waals surface area contributed by atoms with Crippen LogP contribution in [0.25, 0.3) is 0 Å². The molecule has 2 fully saturated rings. The third-order valence-electron chi connectivity index (χ3n) is 6.64. The van der Waals surface area contributed by atoms with Crippen molar-refractivity contribution >= 4 is 46.3 Å². The molecule has 0 saturated carbocycles. The quantitative estimate of drug-likeness (QED) is 0.295. The third kappa shape index (κ3) is 7.35. The van der Waals surface area contributed by atoms with Gasteiger partial charge in [-0.15, -0.1) is 35.3 Å². The molecule has 1 aromatic heterocycles. The Morgan fingerprint density at radius 3 is 2.31 bits per heavy atom. The first-order valence-electron chi connectivity index (χ1n) is 11.8. The number of thiophene rings is 1. The maximum absolute atomic E-state index is 4.44. The van der Waals surface area contributed by atoms with Crippen LogP contribution >= 0.6 is 35.3 Å². The van der Waals surface area contributed by atoms with Gasteiger partial charge in [0.25, 0.3) is 0 Å². The van der Waals surface area contributed by atoms with E-state index >= 15 is 0 Å². The molecule has 0 bridgehead atoms. The SMILES string of the molecule is CN=C(NCc1ccc(CN2CCC(C)CC2)cc1)NC1CCN(c2cccs2)CC1.I. The maximum atomic E-state index is 4.44. The van der Waals surface area contributed by atoms with E-state index in [1.165, 1.54) is 42.1 Å². The fraction of sp³-hybridized carbons (Fsp3) is 0.560. The molecular weight excluding hydrogens is 529 g/mol. The number of aliphatic imine (C=N–C) groups is 1. The van der Waals surface area contributed by atoms with Crippen LogP contribution in [-0.4, -0.2) is 50.1 Å². The van der Waals surface area contributed by atoms with Crippen LogP contribution in [0.15, 0.2) is 46.8 Å². The number of rotatable bonds is 6. The van der Waals surface area contributed by atoms with E-state index in [9.17, 15) is 0 Å². The number of nitrogens with zero attached hydrogens (tertiary/aromatic N) is 3. The van der Waals surface area contributed by atoms with Crippen LogP contribution in [0, 0.1) is 5.92 Å². The highest BCUT2D eigenvalue weighted by Gasteiger charge is 2.20. The second kappa shape index (κ2) is 12.8. The van der Waals surface area contributed by atoms with Crippen LogP contribution in [0.4, 0.5) is 5.00 Å². The Labute approximate surface area is 214 Å². The van der Waals surface area contributed by atoms with Gasteiger partial charge in [-0.1, -0.05) is 31.2 Å². The molecule has 2 aliphatic heterocycles. The van der Waals surface area contributed by atoms with E-state index in [2.05, 4.69) is 74.1 Å². The summed E-state index contributed by atoms with van der Waals surface area (Å²) in [5.74, 6) is 1.79. The first-order valence-corrected chi connectivity index (χ1v) is 12.6. The number of piperidine rings is 2. The smallest absolute Gasteiger partial charge is 0.191 e. The lowest BCUT2D eigenvalue weighted by molar-refractivity contribution is 0.185. The van der Waals surface area contributed by atoms with Crippen LogP contribution in [0.1, 0.15) is 43.7 Å². The molecule has 0 radical (unpaired) electrons. The van der Waals surface area contributed by atoms with Gasteiger partial charge in [0.2, 0.25) is 0 Å². The minimum absolute atomic E-state index is 0. The summed E-state index contributed by atoms with van der Waals surface area (Å²) in [7, 11) is 1.86. The van der Waals surface area contributed by atoms with Gasteiger partial charge in [-0.2, -0.15) is 0 Å². The summed E-state index contributed by atoms with van der Waals surface area (Å²) in [5.41, 5.74) is 2.71. The molecule has 0 atom stereocenters. The van der Waals surface area contributed by atoms with E-state index < -0.39 is 0 Å². The zero-order valence-corrected chi connectivity index (χ0v) is 22.6. The summed E-state index contributed by atoms with van der Waals surface area (Å²) in [6.07, 6.45) is 4.95. The fourth-order valence-corrected chi connectivity index (χ4v) is 5.29. The topological polar surface area (TPSA) is 42.9 Å². The van der Waals surface area contributed by atoms with Crippen LogP contribution in [0.5, 0.6) is 0 Å². The molecule has 0 spiro atoms. The summed E-state index contributed by atoms with van der Waals surface area (Å²) in [5, 5.41) is 10.7. The number of likely N-dealkylation sites (tertiary alicyclic amines) is 1. The Morgan fingerprint density at radius 1 is 1.00 bits per heavy atom. The van der Waals surface area contributed by atoms with Gasteiger partial charge in [-0.3, -0.25) is 9.89 Å². The number of hydrogen-bond acceptors (Lipinski definition) is 4. The lowest BCUT2D eigenvalue weighted by atomic mass is 9.99. The molecule has 2 N–H and O–H groups in total. The van der Waals surface area contributed by atoms with Gasteiger partial charge in [0.15, 0.2) is 5.96 Å². The summed E-state index contributed by atoms with van der Waals surface area (Å²) in [4.78, 5) is 9.52. The Morgan fingerprint density at radius 2 is 1.69 bits per heavy atom. The first-order chi connectivity index (χ1) is 15.2. The molecule has 1 aromatic carbocycles. The molecule has 2 aliphatic rings. The summed E-state index contributed by atoms with van der Waals surface area (Å²) >= 11 is 1.83. The number of halogens is 1. The van der Waals surface area contributed by atoms with E-state index in [0.717, 1.165) is 50.9 Å². The van der Waals surface area contributed by atoms with Crippen LogP contribution in [0.3, 0.4) is 0 Å². The van der Waals surface area contributed by atoms with Gasteiger partial charge in [-0.25, -0.2) is 0 Å². The number of anilines is 1. The average molecular weight is 568 g/mol. The molecule has 7 heteroatoms. The third-order valence-corrected chi connectivity index (χ3v) is 7.57. The van der Waals surface area contributed by atoms with E-state index in [4.69, 9.17) is 0 Å². The average Bonchev–Trinajstić information content (AvgIpc) is 3.34. The molecule has 32 heavy (non-hydrogen) atoms. The minimum atomic E-state index is 0. The standard InChI is InChI=1S/C25H37N5S.HI/c1-20-9-13-29(14-10-20)19-22-7-5-21(6-8-22)18-27-25(26-2)28-23-11-15-30(16-12-23)24-4-3-17-31-24;/h3-8,17,20,23H,9-16,18-19H2,1-2H3,(H2,26,27,28);1H. The van der Waals surface area contributed by atoms with Crippen molar-refractivity contribution in [3.8, 4) is 0 Å². The van der Waals surface area contributed by atoms with E-state index in [1.807, 2.05) is 18.4 Å². The van der Waals surface area contributed by atoms with Gasteiger partial charge in [0, 0.05) is 39.3 Å². The van der Waals surface area contributed by atoms with Crippen molar-refractivity contribution in [1.29, 1.82) is 0 Å². The summed E-state index contributed by atoms with van der Waals surface area (Å²) in [6, 6.07) is 13.9. The zero-order valence-electron chi connectivity index (χ0n) is 19.4. The Hall–Kier alpha value is -1.32. The highest BCUT2D eigenvalue weighted by molar-refractivity contribution is 14.0. The first kappa shape index (κ1) is 25.3. The van der Waals surface area contributed by atoms with Gasteiger partial charge in [0.1, 0.15) is 0 Å². The Bertz CT molecular complexity index is 807. The van der Waals surface area contributed by atoms with Gasteiger partial charge in [0.05, 0.1) is 5.00 Å². The molecular formula is C25H38IN5S. The Kier molecular flexibility index (Phi) is 10.1. The molecule has 3 heterocycles. The highest BCUT2D eigenvalue weighted by atomic mass is 127. The van der Waals surface area contributed by atoms with Crippen molar-refractivity contribution in [3.05, 3.63) is 52.9 Å². The number of benzene rings is 1. The van der Waals surface area contributed by atoms with Crippen LogP contribution in [0.2, 0.25) is 0 Å². The molecule has 2 aromatic rings. The second-order valence-corrected chi connectivity index (χ2v) is 9.98. The van der Waals surface area contributed by atoms with E-state index in [0.29, 0.717) is 6.04 Å². The fourth-order valence-electron chi connectivity index (χ4n) is 4.51. The normalized spacial score (nSPS) is 18.9. The predicted molar refractivity (Wildman–Crippen MR) is 148 cm³/mol. The molecule has 0 unspecified atom stereocenters. The number of hydrogen-bond donors (Lipinski definition) is 2. The van der Waals surface area contributed by atoms with Crippen LogP contribution in [-0.2, 0) is 13.1 Å². The van der Waals surface area contributed by atoms with Crippen molar-refractivity contribution in [3.63, 3.8) is 0 Å². The molecule has 5 nitrogen and oxygen atoms in total. The summed E-state index contributed by atoms with van der Waals surface area (Å²) < 4.78 is 0. The van der Waals surface area contributed by atoms with Gasteiger partial charge < -0.3 is 15.5 Å². The predicted octanol–water partition coefficient (Wildman–Crippen LogP) is 4.93. The molecule has 0 aliphatic carbocycles. The van der Waals surface area contributed by atoms with Crippen LogP contribution < -0.4 is 15.5 Å². The Balaban J connectivity index is 0.00000289.